The first-order valence-corrected chi connectivity index (χ1v) is 9.71. The van der Waals surface area contributed by atoms with Crippen molar-refractivity contribution in [3.05, 3.63) is 58.1 Å². The summed E-state index contributed by atoms with van der Waals surface area (Å²) in [5, 5.41) is 2.76. The van der Waals surface area contributed by atoms with Gasteiger partial charge in [-0.1, -0.05) is 0 Å². The fourth-order valence-electron chi connectivity index (χ4n) is 3.09. The highest BCUT2D eigenvalue weighted by Gasteiger charge is 2.26. The van der Waals surface area contributed by atoms with Crippen LogP contribution in [0.25, 0.3) is 11.1 Å². The lowest BCUT2D eigenvalue weighted by atomic mass is 10.1. The number of carbonyl (C=O) groups is 1. The van der Waals surface area contributed by atoms with Crippen LogP contribution in [-0.4, -0.2) is 32.1 Å². The Balaban J connectivity index is 1.59. The molecule has 1 aromatic heterocycles. The Hall–Kier alpha value is -3.07. The molecule has 0 fully saturated rings. The fourth-order valence-corrected chi connectivity index (χ4v) is 4.05. The zero-order valence-corrected chi connectivity index (χ0v) is 14.6. The van der Waals surface area contributed by atoms with E-state index < -0.39 is 15.8 Å². The molecule has 0 radical (unpaired) electrons. The average molecular weight is 373 g/mol. The summed E-state index contributed by atoms with van der Waals surface area (Å²) in [6, 6.07) is 9.78. The van der Waals surface area contributed by atoms with Crippen molar-refractivity contribution in [3.63, 3.8) is 0 Å². The van der Waals surface area contributed by atoms with E-state index in [9.17, 15) is 18.0 Å². The summed E-state index contributed by atoms with van der Waals surface area (Å²) in [5.41, 5.74) is 3.27. The highest BCUT2D eigenvalue weighted by molar-refractivity contribution is 7.92. The summed E-state index contributed by atoms with van der Waals surface area (Å²) in [4.78, 5) is 26.2. The number of aromatic amines is 1. The van der Waals surface area contributed by atoms with Gasteiger partial charge in [0, 0.05) is 17.8 Å². The van der Waals surface area contributed by atoms with E-state index in [2.05, 4.69) is 10.3 Å². The van der Waals surface area contributed by atoms with E-state index in [-0.39, 0.29) is 5.91 Å². The molecule has 2 heterocycles. The monoisotopic (exact) mass is 373 g/mol. The van der Waals surface area contributed by atoms with E-state index in [0.717, 1.165) is 5.56 Å². The van der Waals surface area contributed by atoms with Gasteiger partial charge in [0.15, 0.2) is 5.58 Å². The van der Waals surface area contributed by atoms with Crippen molar-refractivity contribution in [2.24, 2.45) is 0 Å². The van der Waals surface area contributed by atoms with Gasteiger partial charge in [-0.3, -0.25) is 14.1 Å². The number of hydrogen-bond donors (Lipinski definition) is 2. The molecule has 1 aliphatic rings. The summed E-state index contributed by atoms with van der Waals surface area (Å²) in [7, 11) is -3.32. The summed E-state index contributed by atoms with van der Waals surface area (Å²) in [6.45, 7) is 0.379. The summed E-state index contributed by atoms with van der Waals surface area (Å²) >= 11 is 0. The second-order valence-electron chi connectivity index (χ2n) is 6.11. The molecular formula is C17H15N3O5S. The Bertz CT molecular complexity index is 1190. The minimum Gasteiger partial charge on any atom is -0.408 e. The van der Waals surface area contributed by atoms with Gasteiger partial charge < -0.3 is 9.73 Å². The van der Waals surface area contributed by atoms with Crippen LogP contribution in [0.1, 0.15) is 15.9 Å². The van der Waals surface area contributed by atoms with Crippen LogP contribution in [0.5, 0.6) is 0 Å². The van der Waals surface area contributed by atoms with E-state index in [1.807, 2.05) is 0 Å². The molecule has 1 amide bonds. The summed E-state index contributed by atoms with van der Waals surface area (Å²) in [5.74, 6) is -0.881. The number of sulfonamides is 1. The third kappa shape index (κ3) is 2.86. The predicted octanol–water partition coefficient (Wildman–Crippen LogP) is 1.70. The maximum Gasteiger partial charge on any atom is 0.417 e. The fraction of sp³-hybridized carbons (Fsp3) is 0.176. The maximum atomic E-state index is 12.5. The lowest BCUT2D eigenvalue weighted by Gasteiger charge is -2.16. The molecule has 0 bridgehead atoms. The van der Waals surface area contributed by atoms with E-state index in [1.54, 1.807) is 36.4 Å². The lowest BCUT2D eigenvalue weighted by Crippen LogP contribution is -2.27. The van der Waals surface area contributed by atoms with Crippen molar-refractivity contribution in [1.29, 1.82) is 0 Å². The van der Waals surface area contributed by atoms with Gasteiger partial charge in [0.2, 0.25) is 10.0 Å². The smallest absolute Gasteiger partial charge is 0.408 e. The molecule has 9 heteroatoms. The number of rotatable bonds is 3. The minimum absolute atomic E-state index is 0.323. The topological polar surface area (TPSA) is 112 Å². The van der Waals surface area contributed by atoms with E-state index >= 15 is 0 Å². The summed E-state index contributed by atoms with van der Waals surface area (Å²) < 4.78 is 29.8. The lowest BCUT2D eigenvalue weighted by molar-refractivity contribution is 0.102. The van der Waals surface area contributed by atoms with E-state index in [4.69, 9.17) is 4.42 Å². The van der Waals surface area contributed by atoms with Crippen LogP contribution in [0.2, 0.25) is 0 Å². The van der Waals surface area contributed by atoms with Crippen molar-refractivity contribution in [3.8, 4) is 0 Å². The highest BCUT2D eigenvalue weighted by Crippen LogP contribution is 2.31. The van der Waals surface area contributed by atoms with Gasteiger partial charge >= 0.3 is 5.76 Å². The molecule has 3 aromatic rings. The maximum absolute atomic E-state index is 12.5. The Morgan fingerprint density at radius 2 is 2.04 bits per heavy atom. The first-order valence-electron chi connectivity index (χ1n) is 7.86. The van der Waals surface area contributed by atoms with Crippen LogP contribution in [-0.2, 0) is 16.4 Å². The molecule has 0 atom stereocenters. The molecule has 4 rings (SSSR count). The standard InChI is InChI=1S/C17H15N3O5S/c1-26(23,24)20-7-6-10-8-11(2-4-14(10)20)16(21)18-12-3-5-15-13(9-12)19-17(22)25-15/h2-5,8-9H,6-7H2,1H3,(H,18,21)(H,19,22). The normalized spacial score (nSPS) is 13.8. The average Bonchev–Trinajstić information content (AvgIpc) is 3.15. The largest absolute Gasteiger partial charge is 0.417 e. The molecular weight excluding hydrogens is 358 g/mol. The number of aromatic nitrogens is 1. The zero-order valence-electron chi connectivity index (χ0n) is 13.8. The minimum atomic E-state index is -3.32. The molecule has 0 saturated heterocycles. The molecule has 0 saturated carbocycles. The number of hydrogen-bond acceptors (Lipinski definition) is 5. The van der Waals surface area contributed by atoms with Crippen molar-refractivity contribution >= 4 is 38.4 Å². The van der Waals surface area contributed by atoms with Gasteiger partial charge in [-0.05, 0) is 48.4 Å². The Morgan fingerprint density at radius 1 is 1.23 bits per heavy atom. The second-order valence-corrected chi connectivity index (χ2v) is 8.02. The van der Waals surface area contributed by atoms with Crippen molar-refractivity contribution in [2.75, 3.05) is 22.4 Å². The van der Waals surface area contributed by atoms with E-state index in [1.165, 1.54) is 10.6 Å². The SMILES string of the molecule is CS(=O)(=O)N1CCc2cc(C(=O)Nc3ccc4oc(=O)[nH]c4c3)ccc21. The summed E-state index contributed by atoms with van der Waals surface area (Å²) in [6.07, 6.45) is 1.73. The van der Waals surface area contributed by atoms with Crippen molar-refractivity contribution in [1.82, 2.24) is 4.98 Å². The molecule has 1 aliphatic heterocycles. The first kappa shape index (κ1) is 16.4. The van der Waals surface area contributed by atoms with Gasteiger partial charge in [0.25, 0.3) is 5.91 Å². The third-order valence-corrected chi connectivity index (χ3v) is 5.45. The molecule has 2 aromatic carbocycles. The van der Waals surface area contributed by atoms with E-state index in [0.29, 0.717) is 41.0 Å². The van der Waals surface area contributed by atoms with Gasteiger partial charge in [-0.25, -0.2) is 13.2 Å². The number of carbonyl (C=O) groups excluding carboxylic acids is 1. The Morgan fingerprint density at radius 3 is 2.81 bits per heavy atom. The molecule has 0 spiro atoms. The quantitative estimate of drug-likeness (QED) is 0.725. The zero-order chi connectivity index (χ0) is 18.5. The molecule has 0 aliphatic carbocycles. The molecule has 0 unspecified atom stereocenters. The van der Waals surface area contributed by atoms with Crippen LogP contribution < -0.4 is 15.4 Å². The number of anilines is 2. The second kappa shape index (κ2) is 5.73. The van der Waals surface area contributed by atoms with Crippen LogP contribution >= 0.6 is 0 Å². The molecule has 26 heavy (non-hydrogen) atoms. The number of fused-ring (bicyclic) bond motifs is 2. The third-order valence-electron chi connectivity index (χ3n) is 4.27. The predicted molar refractivity (Wildman–Crippen MR) is 97.1 cm³/mol. The van der Waals surface area contributed by atoms with Gasteiger partial charge in [-0.2, -0.15) is 0 Å². The Kier molecular flexibility index (Phi) is 3.62. The van der Waals surface area contributed by atoms with Crippen LogP contribution in [0.4, 0.5) is 11.4 Å². The Labute approximate surface area is 148 Å². The van der Waals surface area contributed by atoms with Crippen molar-refractivity contribution in [2.45, 2.75) is 6.42 Å². The number of amides is 1. The van der Waals surface area contributed by atoms with Crippen molar-refractivity contribution < 1.29 is 17.6 Å². The van der Waals surface area contributed by atoms with Crippen LogP contribution in [0.15, 0.2) is 45.6 Å². The van der Waals surface area contributed by atoms with Gasteiger partial charge in [0.1, 0.15) is 0 Å². The van der Waals surface area contributed by atoms with Gasteiger partial charge in [-0.15, -0.1) is 0 Å². The number of benzene rings is 2. The number of nitrogens with zero attached hydrogens (tertiary/aromatic N) is 1. The number of H-pyrrole nitrogens is 1. The van der Waals surface area contributed by atoms with Crippen LogP contribution in [0.3, 0.4) is 0 Å². The van der Waals surface area contributed by atoms with Gasteiger partial charge in [0.05, 0.1) is 17.5 Å². The number of nitrogens with one attached hydrogen (secondary N) is 2. The highest BCUT2D eigenvalue weighted by atomic mass is 32.2. The molecule has 8 nitrogen and oxygen atoms in total. The first-order chi connectivity index (χ1) is 12.3. The van der Waals surface area contributed by atoms with Crippen LogP contribution in [0, 0.1) is 0 Å². The molecule has 2 N–H and O–H groups in total. The molecule has 134 valence electrons. The number of oxazole rings is 1.